The van der Waals surface area contributed by atoms with Gasteiger partial charge in [-0.2, -0.15) is 5.10 Å². The molecule has 30 heavy (non-hydrogen) atoms. The molecular weight excluding hydrogens is 404 g/mol. The monoisotopic (exact) mass is 422 g/mol. The predicted octanol–water partition coefficient (Wildman–Crippen LogP) is 3.47. The molecule has 0 aromatic carbocycles. The van der Waals surface area contributed by atoms with Crippen molar-refractivity contribution in [3.63, 3.8) is 0 Å². The zero-order valence-electron chi connectivity index (χ0n) is 16.9. The highest BCUT2D eigenvalue weighted by Crippen LogP contribution is 2.35. The maximum atomic E-state index is 11.2. The molecule has 0 saturated heterocycles. The molecule has 5 aromatic heterocycles. The number of thiophene rings is 1. The third-order valence-electron chi connectivity index (χ3n) is 5.21. The van der Waals surface area contributed by atoms with Crippen molar-refractivity contribution in [2.45, 2.75) is 40.7 Å². The lowest BCUT2D eigenvalue weighted by Gasteiger charge is -2.00. The average molecular weight is 422 g/mol. The van der Waals surface area contributed by atoms with E-state index in [0.29, 0.717) is 30.2 Å². The molecule has 0 spiro atoms. The van der Waals surface area contributed by atoms with Gasteiger partial charge >= 0.3 is 5.69 Å². The standard InChI is InChI=1S/C19H18N8O2S/c1-9-7-10(2)21-19-14(9)15-17(30-19)18-22-13(24-26(18)8-20-15)5-6-25-12(4)16(27(28)29)11(3)23-25/h7-8H,5-6H2,1-4H3. The van der Waals surface area contributed by atoms with Crippen molar-refractivity contribution in [1.82, 2.24) is 34.3 Å². The van der Waals surface area contributed by atoms with Crippen LogP contribution < -0.4 is 0 Å². The first-order valence-corrected chi connectivity index (χ1v) is 10.2. The summed E-state index contributed by atoms with van der Waals surface area (Å²) in [5, 5.41) is 21.1. The highest BCUT2D eigenvalue weighted by Gasteiger charge is 2.22. The van der Waals surface area contributed by atoms with Crippen molar-refractivity contribution >= 4 is 43.1 Å². The Morgan fingerprint density at radius 3 is 2.70 bits per heavy atom. The zero-order chi connectivity index (χ0) is 21.2. The quantitative estimate of drug-likeness (QED) is 0.321. The van der Waals surface area contributed by atoms with Crippen molar-refractivity contribution in [3.8, 4) is 0 Å². The number of hydrogen-bond donors (Lipinski definition) is 0. The maximum absolute atomic E-state index is 11.2. The minimum atomic E-state index is -0.390. The normalized spacial score (nSPS) is 11.9. The largest absolute Gasteiger partial charge is 0.312 e. The van der Waals surface area contributed by atoms with Gasteiger partial charge in [-0.05, 0) is 39.3 Å². The molecule has 0 unspecified atom stereocenters. The Labute approximate surface area is 174 Å². The van der Waals surface area contributed by atoms with Crippen LogP contribution in [0.4, 0.5) is 5.69 Å². The lowest BCUT2D eigenvalue weighted by molar-refractivity contribution is -0.386. The van der Waals surface area contributed by atoms with Crippen molar-refractivity contribution in [3.05, 3.63) is 51.0 Å². The summed E-state index contributed by atoms with van der Waals surface area (Å²) in [6, 6.07) is 2.06. The fourth-order valence-electron chi connectivity index (χ4n) is 3.89. The SMILES string of the molecule is Cc1cc(C)c2c(n1)sc1c2ncn2nc(CCn3nc(C)c([N+](=O)[O-])c3C)nc12. The van der Waals surface area contributed by atoms with E-state index in [9.17, 15) is 10.1 Å². The Morgan fingerprint density at radius 1 is 1.17 bits per heavy atom. The summed E-state index contributed by atoms with van der Waals surface area (Å²) < 4.78 is 4.27. The van der Waals surface area contributed by atoms with Gasteiger partial charge in [0, 0.05) is 24.0 Å². The van der Waals surface area contributed by atoms with Gasteiger partial charge in [0.15, 0.2) is 11.5 Å². The van der Waals surface area contributed by atoms with Crippen LogP contribution in [0, 0.1) is 37.8 Å². The first-order valence-electron chi connectivity index (χ1n) is 9.42. The predicted molar refractivity (Wildman–Crippen MR) is 113 cm³/mol. The van der Waals surface area contributed by atoms with Crippen LogP contribution in [0.15, 0.2) is 12.4 Å². The van der Waals surface area contributed by atoms with Crippen LogP contribution in [0.2, 0.25) is 0 Å². The van der Waals surface area contributed by atoms with Crippen molar-refractivity contribution < 1.29 is 4.92 Å². The summed E-state index contributed by atoms with van der Waals surface area (Å²) >= 11 is 1.57. The molecule has 0 atom stereocenters. The van der Waals surface area contributed by atoms with Gasteiger partial charge in [0.05, 0.1) is 10.4 Å². The molecule has 5 rings (SSSR count). The van der Waals surface area contributed by atoms with Gasteiger partial charge in [-0.15, -0.1) is 16.4 Å². The van der Waals surface area contributed by atoms with Crippen molar-refractivity contribution in [2.24, 2.45) is 0 Å². The number of pyridine rings is 1. The molecule has 5 aromatic rings. The molecule has 0 radical (unpaired) electrons. The van der Waals surface area contributed by atoms with Crippen molar-refractivity contribution in [2.75, 3.05) is 0 Å². The molecule has 0 N–H and O–H groups in total. The summed E-state index contributed by atoms with van der Waals surface area (Å²) in [6.07, 6.45) is 2.18. The van der Waals surface area contributed by atoms with Crippen LogP contribution in [0.25, 0.3) is 26.1 Å². The molecule has 11 heteroatoms. The van der Waals surface area contributed by atoms with E-state index < -0.39 is 0 Å². The Morgan fingerprint density at radius 2 is 1.97 bits per heavy atom. The third kappa shape index (κ3) is 2.73. The minimum Gasteiger partial charge on any atom is -0.262 e. The number of nitrogens with zero attached hydrogens (tertiary/aromatic N) is 8. The average Bonchev–Trinajstić information content (AvgIpc) is 3.32. The van der Waals surface area contributed by atoms with Gasteiger partial charge in [-0.25, -0.2) is 19.5 Å². The van der Waals surface area contributed by atoms with Gasteiger partial charge in [0.1, 0.15) is 27.2 Å². The van der Waals surface area contributed by atoms with E-state index in [4.69, 9.17) is 4.98 Å². The van der Waals surface area contributed by atoms with Gasteiger partial charge < -0.3 is 0 Å². The highest BCUT2D eigenvalue weighted by molar-refractivity contribution is 7.26. The fraction of sp³-hybridized carbons (Fsp3) is 0.316. The van der Waals surface area contributed by atoms with Gasteiger partial charge in [-0.1, -0.05) is 0 Å². The van der Waals surface area contributed by atoms with Gasteiger partial charge in [0.2, 0.25) is 0 Å². The van der Waals surface area contributed by atoms with E-state index in [-0.39, 0.29) is 10.6 Å². The Kier molecular flexibility index (Phi) is 4.03. The van der Waals surface area contributed by atoms with Gasteiger partial charge in [0.25, 0.3) is 0 Å². The van der Waals surface area contributed by atoms with E-state index in [2.05, 4.69) is 33.2 Å². The molecule has 0 bridgehead atoms. The summed E-state index contributed by atoms with van der Waals surface area (Å²) in [4.78, 5) is 25.7. The number of fused-ring (bicyclic) bond motifs is 5. The third-order valence-corrected chi connectivity index (χ3v) is 6.28. The summed E-state index contributed by atoms with van der Waals surface area (Å²) in [5.41, 5.74) is 4.76. The Bertz CT molecular complexity index is 1480. The van der Waals surface area contributed by atoms with E-state index in [1.54, 1.807) is 40.7 Å². The first kappa shape index (κ1) is 18.6. The van der Waals surface area contributed by atoms with Crippen LogP contribution in [0.1, 0.15) is 28.5 Å². The Hall–Kier alpha value is -3.47. The smallest absolute Gasteiger partial charge is 0.262 e. The summed E-state index contributed by atoms with van der Waals surface area (Å²) in [6.45, 7) is 7.86. The first-order chi connectivity index (χ1) is 14.3. The van der Waals surface area contributed by atoms with E-state index in [1.165, 1.54) is 0 Å². The Balaban J connectivity index is 1.54. The fourth-order valence-corrected chi connectivity index (χ4v) is 5.12. The molecule has 0 amide bonds. The molecule has 0 aliphatic carbocycles. The van der Waals surface area contributed by atoms with E-state index in [0.717, 1.165) is 37.3 Å². The maximum Gasteiger partial charge on any atom is 0.312 e. The second-order valence-electron chi connectivity index (χ2n) is 7.33. The van der Waals surface area contributed by atoms with Crippen LogP contribution in [-0.2, 0) is 13.0 Å². The van der Waals surface area contributed by atoms with E-state index >= 15 is 0 Å². The molecule has 0 saturated carbocycles. The second-order valence-corrected chi connectivity index (χ2v) is 8.33. The molecular formula is C19H18N8O2S. The summed E-state index contributed by atoms with van der Waals surface area (Å²) in [5.74, 6) is 0.637. The lowest BCUT2D eigenvalue weighted by atomic mass is 10.1. The molecule has 0 aliphatic rings. The second kappa shape index (κ2) is 6.52. The minimum absolute atomic E-state index is 0.0623. The molecule has 0 aliphatic heterocycles. The summed E-state index contributed by atoms with van der Waals surface area (Å²) in [7, 11) is 0. The molecule has 5 heterocycles. The molecule has 0 fully saturated rings. The number of aryl methyl sites for hydroxylation is 5. The topological polar surface area (TPSA) is 117 Å². The van der Waals surface area contributed by atoms with Crippen LogP contribution in [0.5, 0.6) is 0 Å². The van der Waals surface area contributed by atoms with Crippen LogP contribution in [-0.4, -0.2) is 39.3 Å². The van der Waals surface area contributed by atoms with Crippen LogP contribution >= 0.6 is 11.3 Å². The molecule has 10 nitrogen and oxygen atoms in total. The van der Waals surface area contributed by atoms with E-state index in [1.807, 2.05) is 6.92 Å². The molecule has 152 valence electrons. The lowest BCUT2D eigenvalue weighted by Crippen LogP contribution is -2.06. The number of aromatic nitrogens is 7. The zero-order valence-corrected chi connectivity index (χ0v) is 17.7. The number of rotatable bonds is 4. The van der Waals surface area contributed by atoms with Crippen molar-refractivity contribution in [1.29, 1.82) is 0 Å². The van der Waals surface area contributed by atoms with Crippen LogP contribution in [0.3, 0.4) is 0 Å². The number of hydrogen-bond acceptors (Lipinski definition) is 8. The number of nitro groups is 1. The highest BCUT2D eigenvalue weighted by atomic mass is 32.1. The van der Waals surface area contributed by atoms with Gasteiger partial charge in [-0.3, -0.25) is 14.8 Å².